The van der Waals surface area contributed by atoms with E-state index in [0.717, 1.165) is 12.8 Å². The Morgan fingerprint density at radius 1 is 1.03 bits per heavy atom. The summed E-state index contributed by atoms with van der Waals surface area (Å²) in [6.45, 7) is 6.41. The van der Waals surface area contributed by atoms with E-state index in [1.54, 1.807) is 32.2 Å². The van der Waals surface area contributed by atoms with E-state index in [1.807, 2.05) is 36.9 Å². The molecule has 3 atom stereocenters. The van der Waals surface area contributed by atoms with Gasteiger partial charge in [0, 0.05) is 24.2 Å². The Morgan fingerprint density at radius 3 is 2.31 bits per heavy atom. The fourth-order valence-corrected chi connectivity index (χ4v) is 5.09. The molecular weight excluding hydrogens is 446 g/mol. The lowest BCUT2D eigenvalue weighted by molar-refractivity contribution is -0.151. The number of esters is 1. The number of ether oxygens (including phenoxy) is 3. The van der Waals surface area contributed by atoms with Crippen LogP contribution < -0.4 is 9.47 Å². The average Bonchev–Trinajstić information content (AvgIpc) is 2.85. The first-order valence-electron chi connectivity index (χ1n) is 12.0. The molecule has 188 valence electrons. The van der Waals surface area contributed by atoms with Crippen LogP contribution in [0.15, 0.2) is 59.8 Å². The van der Waals surface area contributed by atoms with Crippen molar-refractivity contribution in [2.75, 3.05) is 27.4 Å². The summed E-state index contributed by atoms with van der Waals surface area (Å²) in [7, 11) is 3.07. The zero-order chi connectivity index (χ0) is 25.5. The number of rotatable bonds is 10. The van der Waals surface area contributed by atoms with E-state index >= 15 is 0 Å². The number of methoxy groups -OCH3 is 2. The van der Waals surface area contributed by atoms with Crippen molar-refractivity contribution in [3.63, 3.8) is 0 Å². The topological polar surface area (TPSA) is 85.3 Å². The van der Waals surface area contributed by atoms with Crippen LogP contribution in [0.1, 0.15) is 44.2 Å². The number of carbonyl (C=O) groups excluding carboxylic acids is 1. The van der Waals surface area contributed by atoms with Crippen LogP contribution in [0.2, 0.25) is 0 Å². The number of hydrogen-bond acceptors (Lipinski definition) is 6. The van der Waals surface area contributed by atoms with Crippen LogP contribution in [-0.4, -0.2) is 55.4 Å². The molecule has 7 heteroatoms. The quantitative estimate of drug-likeness (QED) is 0.494. The Bertz CT molecular complexity index is 1060. The zero-order valence-corrected chi connectivity index (χ0v) is 21.1. The Kier molecular flexibility index (Phi) is 8.79. The van der Waals surface area contributed by atoms with Crippen molar-refractivity contribution in [2.24, 2.45) is 5.92 Å². The van der Waals surface area contributed by atoms with Gasteiger partial charge in [0.05, 0.1) is 32.3 Å². The van der Waals surface area contributed by atoms with Gasteiger partial charge in [0.15, 0.2) is 11.5 Å². The highest BCUT2D eigenvalue weighted by molar-refractivity contribution is 5.92. The number of nitrogens with zero attached hydrogens (tertiary/aromatic N) is 1. The number of hydrogen-bond donors (Lipinski definition) is 1. The normalized spacial score (nSPS) is 19.9. The second-order valence-electron chi connectivity index (χ2n) is 8.70. The van der Waals surface area contributed by atoms with E-state index in [-0.39, 0.29) is 18.2 Å². The molecule has 3 rings (SSSR count). The summed E-state index contributed by atoms with van der Waals surface area (Å²) in [6.07, 6.45) is 1.69. The predicted octanol–water partition coefficient (Wildman–Crippen LogP) is 4.66. The Hall–Kier alpha value is -3.48. The second kappa shape index (κ2) is 11.8. The Balaban J connectivity index is 2.04. The van der Waals surface area contributed by atoms with E-state index in [2.05, 4.69) is 12.1 Å². The lowest BCUT2D eigenvalue weighted by atomic mass is 9.72. The summed E-state index contributed by atoms with van der Waals surface area (Å²) in [4.78, 5) is 27.9. The van der Waals surface area contributed by atoms with Gasteiger partial charge in [0.1, 0.15) is 0 Å². The first-order valence-corrected chi connectivity index (χ1v) is 12.0. The van der Waals surface area contributed by atoms with Crippen molar-refractivity contribution in [1.29, 1.82) is 0 Å². The molecule has 0 amide bonds. The van der Waals surface area contributed by atoms with E-state index in [1.165, 1.54) is 12.7 Å². The largest absolute Gasteiger partial charge is 0.493 e. The molecule has 2 aromatic carbocycles. The van der Waals surface area contributed by atoms with Gasteiger partial charge in [-0.05, 0) is 56.9 Å². The third kappa shape index (κ3) is 5.61. The predicted molar refractivity (Wildman–Crippen MR) is 134 cm³/mol. The van der Waals surface area contributed by atoms with E-state index < -0.39 is 23.8 Å². The van der Waals surface area contributed by atoms with Crippen LogP contribution in [0.5, 0.6) is 11.5 Å². The second-order valence-corrected chi connectivity index (χ2v) is 8.70. The SMILES string of the molecule is CCOC(=O)C1C(c2ccc(OC)c(OC)c2)C(C(=O)O)=C(C)N(CCCc2ccccc2)C1C. The van der Waals surface area contributed by atoms with Crippen molar-refractivity contribution in [1.82, 2.24) is 4.90 Å². The monoisotopic (exact) mass is 481 g/mol. The van der Waals surface area contributed by atoms with Crippen LogP contribution >= 0.6 is 0 Å². The first kappa shape index (κ1) is 26.1. The third-order valence-electron chi connectivity index (χ3n) is 6.77. The number of carbonyl (C=O) groups is 2. The molecule has 1 aliphatic heterocycles. The highest BCUT2D eigenvalue weighted by atomic mass is 16.5. The molecule has 1 N–H and O–H groups in total. The molecule has 0 fully saturated rings. The fraction of sp³-hybridized carbons (Fsp3) is 0.429. The molecule has 0 saturated carbocycles. The molecule has 0 aromatic heterocycles. The fourth-order valence-electron chi connectivity index (χ4n) is 5.09. The number of carboxylic acids is 1. The van der Waals surface area contributed by atoms with Crippen molar-refractivity contribution >= 4 is 11.9 Å². The summed E-state index contributed by atoms with van der Waals surface area (Å²) in [5.41, 5.74) is 2.77. The van der Waals surface area contributed by atoms with Gasteiger partial charge in [0.2, 0.25) is 0 Å². The number of benzene rings is 2. The minimum Gasteiger partial charge on any atom is -0.493 e. The van der Waals surface area contributed by atoms with E-state index in [9.17, 15) is 14.7 Å². The number of aliphatic carboxylic acids is 1. The Labute approximate surface area is 207 Å². The zero-order valence-electron chi connectivity index (χ0n) is 21.1. The van der Waals surface area contributed by atoms with Gasteiger partial charge in [-0.25, -0.2) is 4.79 Å². The van der Waals surface area contributed by atoms with Crippen LogP contribution in [0.25, 0.3) is 0 Å². The highest BCUT2D eigenvalue weighted by Gasteiger charge is 2.47. The van der Waals surface area contributed by atoms with Crippen LogP contribution in [0.4, 0.5) is 0 Å². The van der Waals surface area contributed by atoms with Crippen molar-refractivity contribution in [3.05, 3.63) is 70.9 Å². The maximum absolute atomic E-state index is 13.3. The molecule has 2 aromatic rings. The van der Waals surface area contributed by atoms with Gasteiger partial charge in [-0.15, -0.1) is 0 Å². The van der Waals surface area contributed by atoms with Gasteiger partial charge in [-0.2, -0.15) is 0 Å². The smallest absolute Gasteiger partial charge is 0.333 e. The van der Waals surface area contributed by atoms with E-state index in [4.69, 9.17) is 14.2 Å². The molecule has 7 nitrogen and oxygen atoms in total. The third-order valence-corrected chi connectivity index (χ3v) is 6.77. The van der Waals surface area contributed by atoms with Gasteiger partial charge in [-0.3, -0.25) is 4.79 Å². The van der Waals surface area contributed by atoms with Crippen LogP contribution in [-0.2, 0) is 20.7 Å². The lowest BCUT2D eigenvalue weighted by Crippen LogP contribution is -2.50. The molecule has 35 heavy (non-hydrogen) atoms. The van der Waals surface area contributed by atoms with Crippen molar-refractivity contribution < 1.29 is 28.9 Å². The maximum Gasteiger partial charge on any atom is 0.333 e. The van der Waals surface area contributed by atoms with Crippen molar-refractivity contribution in [2.45, 2.75) is 45.6 Å². The van der Waals surface area contributed by atoms with Gasteiger partial charge in [0.25, 0.3) is 0 Å². The standard InChI is InChI=1S/C28H35NO6/c1-6-35-28(32)25-19(3)29(16-10-13-20-11-8-7-9-12-20)18(2)24(27(30)31)26(25)21-14-15-22(33-4)23(17-21)34-5/h7-9,11-12,14-15,17,19,25-26H,6,10,13,16H2,1-5H3,(H,30,31). The summed E-state index contributed by atoms with van der Waals surface area (Å²) < 4.78 is 16.3. The minimum absolute atomic E-state index is 0.202. The molecular formula is C28H35NO6. The summed E-state index contributed by atoms with van der Waals surface area (Å²) >= 11 is 0. The summed E-state index contributed by atoms with van der Waals surface area (Å²) in [5, 5.41) is 10.3. The molecule has 1 heterocycles. The van der Waals surface area contributed by atoms with Gasteiger partial charge in [-0.1, -0.05) is 36.4 Å². The van der Waals surface area contributed by atoms with Crippen molar-refractivity contribution in [3.8, 4) is 11.5 Å². The van der Waals surface area contributed by atoms with Gasteiger partial charge < -0.3 is 24.2 Å². The molecule has 3 unspecified atom stereocenters. The molecule has 0 spiro atoms. The number of carboxylic acid groups (broad SMARTS) is 1. The maximum atomic E-state index is 13.3. The summed E-state index contributed by atoms with van der Waals surface area (Å²) in [5.74, 6) is -1.82. The molecule has 0 aliphatic carbocycles. The summed E-state index contributed by atoms with van der Waals surface area (Å²) in [6, 6.07) is 15.2. The lowest BCUT2D eigenvalue weighted by Gasteiger charge is -2.45. The molecule has 0 bridgehead atoms. The average molecular weight is 482 g/mol. The van der Waals surface area contributed by atoms with Gasteiger partial charge >= 0.3 is 11.9 Å². The molecule has 0 radical (unpaired) electrons. The van der Waals surface area contributed by atoms with Crippen LogP contribution in [0, 0.1) is 5.92 Å². The van der Waals surface area contributed by atoms with Crippen LogP contribution in [0.3, 0.4) is 0 Å². The Morgan fingerprint density at radius 2 is 1.71 bits per heavy atom. The number of allylic oxidation sites excluding steroid dienone is 1. The number of aryl methyl sites for hydroxylation is 1. The first-order chi connectivity index (χ1) is 16.8. The highest BCUT2D eigenvalue weighted by Crippen LogP contribution is 2.45. The van der Waals surface area contributed by atoms with E-state index in [0.29, 0.717) is 29.3 Å². The molecule has 0 saturated heterocycles. The minimum atomic E-state index is -1.04. The molecule has 1 aliphatic rings.